The number of hydrogen-bond donors (Lipinski definition) is 1. The van der Waals surface area contributed by atoms with Crippen molar-refractivity contribution < 1.29 is 0 Å². The van der Waals surface area contributed by atoms with Gasteiger partial charge in [-0.25, -0.2) is 0 Å². The molecular weight excluding hydrogens is 198 g/mol. The van der Waals surface area contributed by atoms with Crippen molar-refractivity contribution in [2.24, 2.45) is 0 Å². The van der Waals surface area contributed by atoms with Crippen molar-refractivity contribution in [2.75, 3.05) is 31.1 Å². The van der Waals surface area contributed by atoms with Crippen LogP contribution in [0.2, 0.25) is 0 Å². The minimum atomic E-state index is 0.997. The molecule has 0 unspecified atom stereocenters. The van der Waals surface area contributed by atoms with Gasteiger partial charge < -0.3 is 10.2 Å². The van der Waals surface area contributed by atoms with Crippen LogP contribution >= 0.6 is 0 Å². The monoisotopic (exact) mass is 215 g/mol. The third-order valence-corrected chi connectivity index (χ3v) is 2.70. The van der Waals surface area contributed by atoms with E-state index in [0.717, 1.165) is 31.7 Å². The smallest absolute Gasteiger partial charge is 0.0565 e. The van der Waals surface area contributed by atoms with Crippen molar-refractivity contribution in [3.63, 3.8) is 0 Å². The first-order valence-corrected chi connectivity index (χ1v) is 5.73. The number of pyridine rings is 1. The summed E-state index contributed by atoms with van der Waals surface area (Å²) >= 11 is 0. The number of anilines is 1. The molecule has 0 amide bonds. The molecule has 0 atom stereocenters. The highest BCUT2D eigenvalue weighted by atomic mass is 15.2. The zero-order chi connectivity index (χ0) is 11.2. The lowest BCUT2D eigenvalue weighted by atomic mass is 10.2. The van der Waals surface area contributed by atoms with E-state index in [4.69, 9.17) is 0 Å². The average Bonchev–Trinajstić information content (AvgIpc) is 2.58. The third-order valence-electron chi connectivity index (χ3n) is 2.70. The van der Waals surface area contributed by atoms with Crippen LogP contribution in [0.1, 0.15) is 18.9 Å². The number of aromatic nitrogens is 1. The fraction of sp³-hybridized carbons (Fsp3) is 0.462. The second-order valence-electron chi connectivity index (χ2n) is 3.90. The van der Waals surface area contributed by atoms with Crippen molar-refractivity contribution >= 4 is 5.69 Å². The SMILES string of the molecule is CC#Cc1cncc(N2CCCNCC2)c1. The molecule has 1 aliphatic rings. The van der Waals surface area contributed by atoms with E-state index in [0.29, 0.717) is 0 Å². The fourth-order valence-electron chi connectivity index (χ4n) is 1.92. The summed E-state index contributed by atoms with van der Waals surface area (Å²) in [6.45, 7) is 6.15. The lowest BCUT2D eigenvalue weighted by Crippen LogP contribution is -2.27. The Kier molecular flexibility index (Phi) is 3.79. The average molecular weight is 215 g/mol. The standard InChI is InChI=1S/C13H17N3/c1-2-4-12-9-13(11-15-10-12)16-7-3-5-14-6-8-16/h9-11,14H,3,5-8H2,1H3. The zero-order valence-corrected chi connectivity index (χ0v) is 9.66. The number of rotatable bonds is 1. The van der Waals surface area contributed by atoms with Crippen molar-refractivity contribution in [3.8, 4) is 11.8 Å². The second kappa shape index (κ2) is 5.53. The van der Waals surface area contributed by atoms with Gasteiger partial charge in [0.2, 0.25) is 0 Å². The molecule has 2 rings (SSSR count). The molecule has 1 fully saturated rings. The fourth-order valence-corrected chi connectivity index (χ4v) is 1.92. The van der Waals surface area contributed by atoms with Crippen LogP contribution in [0.3, 0.4) is 0 Å². The molecule has 0 aromatic carbocycles. The summed E-state index contributed by atoms with van der Waals surface area (Å²) in [4.78, 5) is 6.61. The topological polar surface area (TPSA) is 28.2 Å². The van der Waals surface area contributed by atoms with Crippen LogP contribution in [-0.4, -0.2) is 31.2 Å². The summed E-state index contributed by atoms with van der Waals surface area (Å²) in [5.74, 6) is 5.95. The van der Waals surface area contributed by atoms with Gasteiger partial charge in [0, 0.05) is 31.4 Å². The van der Waals surface area contributed by atoms with Crippen LogP contribution < -0.4 is 10.2 Å². The Morgan fingerprint density at radius 2 is 2.25 bits per heavy atom. The zero-order valence-electron chi connectivity index (χ0n) is 9.66. The van der Waals surface area contributed by atoms with Gasteiger partial charge in [0.1, 0.15) is 0 Å². The molecule has 2 heterocycles. The maximum Gasteiger partial charge on any atom is 0.0565 e. The van der Waals surface area contributed by atoms with Gasteiger partial charge in [0.15, 0.2) is 0 Å². The minimum absolute atomic E-state index is 0.997. The number of hydrogen-bond acceptors (Lipinski definition) is 3. The molecule has 1 saturated heterocycles. The number of nitrogens with one attached hydrogen (secondary N) is 1. The Bertz CT molecular complexity index is 395. The molecule has 3 nitrogen and oxygen atoms in total. The van der Waals surface area contributed by atoms with Crippen LogP contribution in [0.4, 0.5) is 5.69 Å². The van der Waals surface area contributed by atoms with Crippen LogP contribution in [-0.2, 0) is 0 Å². The quantitative estimate of drug-likeness (QED) is 0.715. The molecular formula is C13H17N3. The van der Waals surface area contributed by atoms with Crippen LogP contribution in [0.15, 0.2) is 18.5 Å². The van der Waals surface area contributed by atoms with E-state index in [9.17, 15) is 0 Å². The highest BCUT2D eigenvalue weighted by molar-refractivity contribution is 5.50. The summed E-state index contributed by atoms with van der Waals surface area (Å²) in [5, 5.41) is 3.40. The van der Waals surface area contributed by atoms with E-state index in [1.165, 1.54) is 12.1 Å². The third kappa shape index (κ3) is 2.74. The Hall–Kier alpha value is -1.53. The summed E-state index contributed by atoms with van der Waals surface area (Å²) in [5.41, 5.74) is 2.18. The Labute approximate surface area is 96.9 Å². The van der Waals surface area contributed by atoms with Gasteiger partial charge in [0.25, 0.3) is 0 Å². The van der Waals surface area contributed by atoms with Gasteiger partial charge in [-0.15, -0.1) is 5.92 Å². The van der Waals surface area contributed by atoms with Crippen molar-refractivity contribution in [1.29, 1.82) is 0 Å². The van der Waals surface area contributed by atoms with E-state index in [2.05, 4.69) is 33.1 Å². The molecule has 1 N–H and O–H groups in total. The first-order chi connectivity index (χ1) is 7.90. The molecule has 1 aliphatic heterocycles. The van der Waals surface area contributed by atoms with Gasteiger partial charge in [-0.1, -0.05) is 5.92 Å². The molecule has 0 saturated carbocycles. The van der Waals surface area contributed by atoms with E-state index in [1.54, 1.807) is 0 Å². The molecule has 0 spiro atoms. The minimum Gasteiger partial charge on any atom is -0.369 e. The van der Waals surface area contributed by atoms with Gasteiger partial charge in [-0.05, 0) is 26.0 Å². The lowest BCUT2D eigenvalue weighted by Gasteiger charge is -2.21. The van der Waals surface area contributed by atoms with Gasteiger partial charge in [0.05, 0.1) is 11.9 Å². The van der Waals surface area contributed by atoms with Gasteiger partial charge in [-0.2, -0.15) is 0 Å². The molecule has 1 aromatic heterocycles. The summed E-state index contributed by atoms with van der Waals surface area (Å²) in [7, 11) is 0. The van der Waals surface area contributed by atoms with Crippen LogP contribution in [0, 0.1) is 11.8 Å². The Morgan fingerprint density at radius 1 is 1.31 bits per heavy atom. The van der Waals surface area contributed by atoms with Crippen molar-refractivity contribution in [2.45, 2.75) is 13.3 Å². The highest BCUT2D eigenvalue weighted by Crippen LogP contribution is 2.14. The molecule has 0 bridgehead atoms. The summed E-state index contributed by atoms with van der Waals surface area (Å²) < 4.78 is 0. The molecule has 1 aromatic rings. The summed E-state index contributed by atoms with van der Waals surface area (Å²) in [6, 6.07) is 2.12. The Morgan fingerprint density at radius 3 is 3.12 bits per heavy atom. The van der Waals surface area contributed by atoms with Crippen molar-refractivity contribution in [3.05, 3.63) is 24.0 Å². The second-order valence-corrected chi connectivity index (χ2v) is 3.90. The predicted octanol–water partition coefficient (Wildman–Crippen LogP) is 1.25. The highest BCUT2D eigenvalue weighted by Gasteiger charge is 2.09. The molecule has 3 heteroatoms. The Balaban J connectivity index is 2.17. The van der Waals surface area contributed by atoms with E-state index in [-0.39, 0.29) is 0 Å². The van der Waals surface area contributed by atoms with E-state index < -0.39 is 0 Å². The maximum atomic E-state index is 4.24. The normalized spacial score (nSPS) is 16.2. The lowest BCUT2D eigenvalue weighted by molar-refractivity contribution is 0.724. The van der Waals surface area contributed by atoms with E-state index in [1.807, 2.05) is 19.3 Å². The first kappa shape index (κ1) is 11.0. The van der Waals surface area contributed by atoms with E-state index >= 15 is 0 Å². The van der Waals surface area contributed by atoms with Crippen LogP contribution in [0.5, 0.6) is 0 Å². The molecule has 0 aliphatic carbocycles. The van der Waals surface area contributed by atoms with Crippen molar-refractivity contribution in [1.82, 2.24) is 10.3 Å². The van der Waals surface area contributed by atoms with Gasteiger partial charge >= 0.3 is 0 Å². The molecule has 0 radical (unpaired) electrons. The molecule has 16 heavy (non-hydrogen) atoms. The maximum absolute atomic E-state index is 4.24. The number of nitrogens with zero attached hydrogens (tertiary/aromatic N) is 2. The largest absolute Gasteiger partial charge is 0.369 e. The van der Waals surface area contributed by atoms with Gasteiger partial charge in [-0.3, -0.25) is 4.98 Å². The predicted molar refractivity (Wildman–Crippen MR) is 66.5 cm³/mol. The summed E-state index contributed by atoms with van der Waals surface area (Å²) in [6.07, 6.45) is 4.92. The molecule has 84 valence electrons. The van der Waals surface area contributed by atoms with Crippen LogP contribution in [0.25, 0.3) is 0 Å². The first-order valence-electron chi connectivity index (χ1n) is 5.73.